The molecule has 4 atom stereocenters. The van der Waals surface area contributed by atoms with Crippen molar-refractivity contribution in [2.24, 2.45) is 11.8 Å². The van der Waals surface area contributed by atoms with Gasteiger partial charge in [0.25, 0.3) is 0 Å². The third kappa shape index (κ3) is 3.42. The molecule has 1 saturated carbocycles. The van der Waals surface area contributed by atoms with Gasteiger partial charge in [-0.3, -0.25) is 0 Å². The Bertz CT molecular complexity index is 482. The molecule has 1 aromatic carbocycles. The standard InChI is InChI=1S/C17H25ClN2O/c1-19-16(12-3-2-4-14(18)9-12)7-8-20-10-13-5-6-17(21)15(13)11-20/h2-4,9,13,15-17,19,21H,5-8,10-11H2,1H3. The number of likely N-dealkylation sites (tertiary alicyclic amines) is 1. The van der Waals surface area contributed by atoms with E-state index >= 15 is 0 Å². The Hall–Kier alpha value is -0.610. The zero-order chi connectivity index (χ0) is 14.8. The summed E-state index contributed by atoms with van der Waals surface area (Å²) in [6, 6.07) is 8.45. The van der Waals surface area contributed by atoms with E-state index in [9.17, 15) is 5.11 Å². The first-order valence-corrected chi connectivity index (χ1v) is 8.38. The second-order valence-corrected chi connectivity index (χ2v) is 6.95. The van der Waals surface area contributed by atoms with Gasteiger partial charge in [0.05, 0.1) is 6.10 Å². The molecule has 4 heteroatoms. The Kier molecular flexibility index (Phi) is 4.85. The van der Waals surface area contributed by atoms with Gasteiger partial charge < -0.3 is 15.3 Å². The van der Waals surface area contributed by atoms with E-state index in [2.05, 4.69) is 16.3 Å². The first kappa shape index (κ1) is 15.3. The molecule has 4 unspecified atom stereocenters. The largest absolute Gasteiger partial charge is 0.393 e. The van der Waals surface area contributed by atoms with Gasteiger partial charge in [-0.1, -0.05) is 23.7 Å². The van der Waals surface area contributed by atoms with Crippen LogP contribution in [0.5, 0.6) is 0 Å². The Morgan fingerprint density at radius 3 is 2.95 bits per heavy atom. The van der Waals surface area contributed by atoms with Crippen molar-refractivity contribution in [2.75, 3.05) is 26.7 Å². The van der Waals surface area contributed by atoms with Crippen LogP contribution >= 0.6 is 11.6 Å². The molecule has 3 rings (SSSR count). The van der Waals surface area contributed by atoms with Gasteiger partial charge >= 0.3 is 0 Å². The quantitative estimate of drug-likeness (QED) is 0.878. The molecule has 2 N–H and O–H groups in total. The van der Waals surface area contributed by atoms with E-state index in [1.54, 1.807) is 0 Å². The van der Waals surface area contributed by atoms with Crippen molar-refractivity contribution in [3.05, 3.63) is 34.9 Å². The van der Waals surface area contributed by atoms with E-state index < -0.39 is 0 Å². The number of fused-ring (bicyclic) bond motifs is 1. The van der Waals surface area contributed by atoms with Crippen LogP contribution in [0.25, 0.3) is 0 Å². The molecule has 1 aliphatic heterocycles. The van der Waals surface area contributed by atoms with Crippen LogP contribution < -0.4 is 5.32 Å². The highest BCUT2D eigenvalue weighted by molar-refractivity contribution is 6.30. The molecule has 2 aliphatic rings. The van der Waals surface area contributed by atoms with Crippen molar-refractivity contribution in [1.82, 2.24) is 10.2 Å². The highest BCUT2D eigenvalue weighted by atomic mass is 35.5. The van der Waals surface area contributed by atoms with Crippen LogP contribution in [0.2, 0.25) is 5.02 Å². The number of nitrogens with zero attached hydrogens (tertiary/aromatic N) is 1. The summed E-state index contributed by atoms with van der Waals surface area (Å²) in [5.41, 5.74) is 1.25. The number of aliphatic hydroxyl groups excluding tert-OH is 1. The molecule has 0 spiro atoms. The molecule has 0 amide bonds. The average Bonchev–Trinajstić information content (AvgIpc) is 3.02. The van der Waals surface area contributed by atoms with Crippen molar-refractivity contribution in [3.63, 3.8) is 0 Å². The highest BCUT2D eigenvalue weighted by Crippen LogP contribution is 2.38. The number of hydrogen-bond acceptors (Lipinski definition) is 3. The van der Waals surface area contributed by atoms with E-state index in [-0.39, 0.29) is 6.10 Å². The van der Waals surface area contributed by atoms with Crippen LogP contribution in [-0.4, -0.2) is 42.8 Å². The normalized spacial score (nSPS) is 30.5. The first-order valence-electron chi connectivity index (χ1n) is 8.00. The highest BCUT2D eigenvalue weighted by Gasteiger charge is 2.41. The summed E-state index contributed by atoms with van der Waals surface area (Å²) in [6.45, 7) is 3.31. The van der Waals surface area contributed by atoms with Crippen LogP contribution in [0.1, 0.15) is 30.9 Å². The molecule has 1 saturated heterocycles. The number of benzene rings is 1. The van der Waals surface area contributed by atoms with E-state index in [1.165, 1.54) is 12.0 Å². The number of rotatable bonds is 5. The minimum absolute atomic E-state index is 0.0620. The molecule has 0 aromatic heterocycles. The van der Waals surface area contributed by atoms with Gasteiger partial charge in [0.15, 0.2) is 0 Å². The maximum atomic E-state index is 10.00. The number of hydrogen-bond donors (Lipinski definition) is 2. The fraction of sp³-hybridized carbons (Fsp3) is 0.647. The van der Waals surface area contributed by atoms with Crippen LogP contribution in [0.3, 0.4) is 0 Å². The number of aliphatic hydroxyl groups is 1. The maximum absolute atomic E-state index is 10.00. The Labute approximate surface area is 132 Å². The van der Waals surface area contributed by atoms with Crippen LogP contribution in [0.4, 0.5) is 0 Å². The molecule has 0 bridgehead atoms. The lowest BCUT2D eigenvalue weighted by atomic mass is 10.00. The minimum atomic E-state index is -0.0620. The van der Waals surface area contributed by atoms with Crippen LogP contribution in [-0.2, 0) is 0 Å². The van der Waals surface area contributed by atoms with Crippen LogP contribution in [0.15, 0.2) is 24.3 Å². The summed E-state index contributed by atoms with van der Waals surface area (Å²) in [7, 11) is 2.01. The second-order valence-electron chi connectivity index (χ2n) is 6.51. The fourth-order valence-corrected chi connectivity index (χ4v) is 4.22. The summed E-state index contributed by atoms with van der Waals surface area (Å²) in [5, 5.41) is 14.2. The zero-order valence-electron chi connectivity index (χ0n) is 12.6. The average molecular weight is 309 g/mol. The van der Waals surface area contributed by atoms with Gasteiger partial charge in [-0.15, -0.1) is 0 Å². The Morgan fingerprint density at radius 2 is 2.24 bits per heavy atom. The van der Waals surface area contributed by atoms with Gasteiger partial charge in [0.1, 0.15) is 0 Å². The Morgan fingerprint density at radius 1 is 1.38 bits per heavy atom. The molecule has 1 aromatic rings. The molecular formula is C17H25ClN2O. The van der Waals surface area contributed by atoms with Crippen molar-refractivity contribution in [3.8, 4) is 0 Å². The molecule has 1 heterocycles. The smallest absolute Gasteiger partial charge is 0.0583 e. The summed E-state index contributed by atoms with van der Waals surface area (Å²) in [4.78, 5) is 2.52. The summed E-state index contributed by atoms with van der Waals surface area (Å²) in [5.74, 6) is 1.24. The minimum Gasteiger partial charge on any atom is -0.393 e. The van der Waals surface area contributed by atoms with Crippen molar-refractivity contribution < 1.29 is 5.11 Å². The molecule has 3 nitrogen and oxygen atoms in total. The van der Waals surface area contributed by atoms with Crippen molar-refractivity contribution in [1.29, 1.82) is 0 Å². The van der Waals surface area contributed by atoms with Gasteiger partial charge in [-0.25, -0.2) is 0 Å². The lowest BCUT2D eigenvalue weighted by Crippen LogP contribution is -2.29. The predicted molar refractivity (Wildman–Crippen MR) is 86.5 cm³/mol. The van der Waals surface area contributed by atoms with Gasteiger partial charge in [-0.2, -0.15) is 0 Å². The summed E-state index contributed by atoms with van der Waals surface area (Å²) >= 11 is 6.09. The fourth-order valence-electron chi connectivity index (χ4n) is 4.02. The first-order chi connectivity index (χ1) is 10.2. The summed E-state index contributed by atoms with van der Waals surface area (Å²) in [6.07, 6.45) is 3.22. The lowest BCUT2D eigenvalue weighted by Gasteiger charge is -2.22. The number of halogens is 1. The molecule has 2 fully saturated rings. The van der Waals surface area contributed by atoms with E-state index in [0.29, 0.717) is 12.0 Å². The molecule has 0 radical (unpaired) electrons. The molecular weight excluding hydrogens is 284 g/mol. The topological polar surface area (TPSA) is 35.5 Å². The molecule has 1 aliphatic carbocycles. The van der Waals surface area contributed by atoms with Gasteiger partial charge in [0, 0.05) is 30.1 Å². The Balaban J connectivity index is 1.54. The third-order valence-corrected chi connectivity index (χ3v) is 5.46. The summed E-state index contributed by atoms with van der Waals surface area (Å²) < 4.78 is 0. The van der Waals surface area contributed by atoms with E-state index in [1.807, 2.05) is 25.2 Å². The SMILES string of the molecule is CNC(CCN1CC2CCC(O)C2C1)c1cccc(Cl)c1. The van der Waals surface area contributed by atoms with E-state index in [0.717, 1.165) is 43.4 Å². The monoisotopic (exact) mass is 308 g/mol. The maximum Gasteiger partial charge on any atom is 0.0583 e. The predicted octanol–water partition coefficient (Wildman–Crippen LogP) is 2.69. The van der Waals surface area contributed by atoms with Gasteiger partial charge in [-0.05, 0) is 56.5 Å². The lowest BCUT2D eigenvalue weighted by molar-refractivity contribution is 0.124. The van der Waals surface area contributed by atoms with Crippen molar-refractivity contribution in [2.45, 2.75) is 31.4 Å². The van der Waals surface area contributed by atoms with E-state index in [4.69, 9.17) is 11.6 Å². The molecule has 116 valence electrons. The van der Waals surface area contributed by atoms with Crippen molar-refractivity contribution >= 4 is 11.6 Å². The second kappa shape index (κ2) is 6.66. The number of nitrogens with one attached hydrogen (secondary N) is 1. The van der Waals surface area contributed by atoms with Crippen LogP contribution in [0, 0.1) is 11.8 Å². The molecule has 21 heavy (non-hydrogen) atoms. The van der Waals surface area contributed by atoms with Gasteiger partial charge in [0.2, 0.25) is 0 Å². The third-order valence-electron chi connectivity index (χ3n) is 5.23. The zero-order valence-corrected chi connectivity index (χ0v) is 13.4.